The van der Waals surface area contributed by atoms with Crippen LogP contribution in [-0.4, -0.2) is 193 Å². The molecule has 105 heavy (non-hydrogen) atoms. The zero-order chi connectivity index (χ0) is 76.0. The average molecular weight is 1500 g/mol. The normalized spacial score (nSPS) is 25.9. The number of hydrogen-bond acceptors (Lipinski definition) is 18. The molecule has 3 fully saturated rings. The lowest BCUT2D eigenvalue weighted by atomic mass is 9.96. The minimum absolute atomic E-state index is 0.237. The van der Waals surface area contributed by atoms with Gasteiger partial charge in [-0.2, -0.15) is 0 Å². The summed E-state index contributed by atoms with van der Waals surface area (Å²) in [5, 5.41) is 121. The number of carbonyl (C=O) groups excluding carboxylic acids is 1. The van der Waals surface area contributed by atoms with Gasteiger partial charge in [-0.15, -0.1) is 0 Å². The van der Waals surface area contributed by atoms with Gasteiger partial charge in [0.15, 0.2) is 18.9 Å². The molecular weight excluding hydrogens is 1330 g/mol. The van der Waals surface area contributed by atoms with E-state index in [1.165, 1.54) is 295 Å². The SMILES string of the molecule is CCCCCCCCCCCCC/C=C/CC/C=C/CC/C=C/C(O)C(COC1OC(CO)C(OC2OC(CO)C(OC3OC(CO)C(O)C(O)C3O)C(O)C2O)C(O)C1O)NC(=O)CCCCCCCCCCCCCCCCCCCCCCCCCCCCCCCCCCCCCCCCC. The highest BCUT2D eigenvalue weighted by Crippen LogP contribution is 2.33. The first-order valence-corrected chi connectivity index (χ1v) is 43.7. The Morgan fingerprint density at radius 3 is 0.952 bits per heavy atom. The zero-order valence-corrected chi connectivity index (χ0v) is 66.5. The second kappa shape index (κ2) is 66.6. The topological polar surface area (TPSA) is 307 Å². The van der Waals surface area contributed by atoms with Gasteiger partial charge in [0.2, 0.25) is 5.91 Å². The van der Waals surface area contributed by atoms with Crippen LogP contribution in [0.1, 0.15) is 373 Å². The van der Waals surface area contributed by atoms with Crippen LogP contribution >= 0.6 is 0 Å². The van der Waals surface area contributed by atoms with Crippen LogP contribution in [-0.2, 0) is 33.2 Å². The van der Waals surface area contributed by atoms with E-state index in [1.54, 1.807) is 6.08 Å². The Morgan fingerprint density at radius 2 is 0.610 bits per heavy atom. The lowest BCUT2D eigenvalue weighted by Crippen LogP contribution is -2.66. The molecule has 3 aliphatic heterocycles. The Hall–Kier alpha value is -1.99. The number of ether oxygens (including phenoxy) is 6. The van der Waals surface area contributed by atoms with Crippen molar-refractivity contribution in [2.45, 2.75) is 478 Å². The maximum atomic E-state index is 13.5. The number of carbonyl (C=O) groups is 1. The number of hydrogen-bond donors (Lipinski definition) is 12. The summed E-state index contributed by atoms with van der Waals surface area (Å²) in [6.45, 7) is 1.77. The maximum Gasteiger partial charge on any atom is 0.220 e. The number of rotatable bonds is 71. The molecule has 3 aliphatic rings. The quantitative estimate of drug-likeness (QED) is 0.0199. The van der Waals surface area contributed by atoms with E-state index < -0.39 is 124 Å². The predicted octanol–water partition coefficient (Wildman–Crippen LogP) is 15.9. The van der Waals surface area contributed by atoms with Gasteiger partial charge >= 0.3 is 0 Å². The fourth-order valence-electron chi connectivity index (χ4n) is 14.9. The van der Waals surface area contributed by atoms with Gasteiger partial charge in [-0.1, -0.05) is 359 Å². The first-order chi connectivity index (χ1) is 51.3. The number of aliphatic hydroxyl groups excluding tert-OH is 11. The zero-order valence-electron chi connectivity index (χ0n) is 66.5. The molecule has 19 nitrogen and oxygen atoms in total. The summed E-state index contributed by atoms with van der Waals surface area (Å²) in [6.07, 6.45) is 57.5. The molecule has 3 rings (SSSR count). The fourth-order valence-corrected chi connectivity index (χ4v) is 14.9. The molecule has 1 amide bonds. The Balaban J connectivity index is 1.31. The van der Waals surface area contributed by atoms with Crippen LogP contribution in [0.4, 0.5) is 0 Å². The highest BCUT2D eigenvalue weighted by molar-refractivity contribution is 5.76. The second-order valence-electron chi connectivity index (χ2n) is 31.3. The van der Waals surface area contributed by atoms with Crippen molar-refractivity contribution in [2.24, 2.45) is 0 Å². The van der Waals surface area contributed by atoms with Gasteiger partial charge in [0.25, 0.3) is 0 Å². The third-order valence-electron chi connectivity index (χ3n) is 21.9. The van der Waals surface area contributed by atoms with Crippen molar-refractivity contribution >= 4 is 5.91 Å². The van der Waals surface area contributed by atoms with Gasteiger partial charge in [-0.05, 0) is 44.9 Å². The van der Waals surface area contributed by atoms with Crippen molar-refractivity contribution in [3.63, 3.8) is 0 Å². The van der Waals surface area contributed by atoms with E-state index in [0.717, 1.165) is 44.9 Å². The van der Waals surface area contributed by atoms with Crippen LogP contribution in [0.15, 0.2) is 36.5 Å². The predicted molar refractivity (Wildman–Crippen MR) is 420 cm³/mol. The maximum absolute atomic E-state index is 13.5. The van der Waals surface area contributed by atoms with Crippen molar-refractivity contribution in [1.82, 2.24) is 5.32 Å². The fraction of sp³-hybridized carbons (Fsp3) is 0.919. The van der Waals surface area contributed by atoms with Gasteiger partial charge in [0.1, 0.15) is 73.2 Å². The Bertz CT molecular complexity index is 2030. The van der Waals surface area contributed by atoms with Crippen LogP contribution in [0.5, 0.6) is 0 Å². The van der Waals surface area contributed by atoms with Crippen LogP contribution in [0.3, 0.4) is 0 Å². The van der Waals surface area contributed by atoms with E-state index in [0.29, 0.717) is 12.8 Å². The van der Waals surface area contributed by atoms with Crippen molar-refractivity contribution in [3.8, 4) is 0 Å². The van der Waals surface area contributed by atoms with Crippen LogP contribution in [0, 0.1) is 0 Å². The number of nitrogens with one attached hydrogen (secondary N) is 1. The lowest BCUT2D eigenvalue weighted by Gasteiger charge is -2.48. The van der Waals surface area contributed by atoms with Crippen molar-refractivity contribution < 1.29 is 89.4 Å². The van der Waals surface area contributed by atoms with Gasteiger partial charge in [-0.25, -0.2) is 0 Å². The van der Waals surface area contributed by atoms with E-state index in [2.05, 4.69) is 43.5 Å². The Kier molecular flexibility index (Phi) is 61.7. The molecule has 618 valence electrons. The summed E-state index contributed by atoms with van der Waals surface area (Å²) < 4.78 is 34.4. The largest absolute Gasteiger partial charge is 0.394 e. The third-order valence-corrected chi connectivity index (χ3v) is 21.9. The summed E-state index contributed by atoms with van der Waals surface area (Å²) >= 11 is 0. The number of amides is 1. The lowest BCUT2D eigenvalue weighted by molar-refractivity contribution is -0.379. The Morgan fingerprint density at radius 1 is 0.333 bits per heavy atom. The van der Waals surface area contributed by atoms with E-state index in [1.807, 2.05) is 6.08 Å². The molecule has 0 radical (unpaired) electrons. The minimum Gasteiger partial charge on any atom is -0.394 e. The monoisotopic (exact) mass is 1500 g/mol. The molecule has 3 heterocycles. The van der Waals surface area contributed by atoms with Crippen molar-refractivity contribution in [2.75, 3.05) is 26.4 Å². The van der Waals surface area contributed by atoms with Crippen LogP contribution in [0.2, 0.25) is 0 Å². The number of unbranched alkanes of at least 4 members (excludes halogenated alkanes) is 51. The van der Waals surface area contributed by atoms with Gasteiger partial charge in [-0.3, -0.25) is 4.79 Å². The van der Waals surface area contributed by atoms with Gasteiger partial charge in [0.05, 0.1) is 38.6 Å². The first kappa shape index (κ1) is 97.2. The van der Waals surface area contributed by atoms with Crippen molar-refractivity contribution in [1.29, 1.82) is 0 Å². The molecule has 17 unspecified atom stereocenters. The van der Waals surface area contributed by atoms with E-state index in [-0.39, 0.29) is 18.9 Å². The third kappa shape index (κ3) is 46.0. The summed E-state index contributed by atoms with van der Waals surface area (Å²) in [5.41, 5.74) is 0. The summed E-state index contributed by atoms with van der Waals surface area (Å²) in [7, 11) is 0. The van der Waals surface area contributed by atoms with Gasteiger partial charge in [0, 0.05) is 6.42 Å². The molecule has 19 heteroatoms. The number of allylic oxidation sites excluding steroid dienone is 5. The van der Waals surface area contributed by atoms with Crippen molar-refractivity contribution in [3.05, 3.63) is 36.5 Å². The van der Waals surface area contributed by atoms with E-state index in [9.17, 15) is 61.0 Å². The first-order valence-electron chi connectivity index (χ1n) is 43.7. The standard InChI is InChI=1S/C86H161NO18/c1-3-5-7-9-11-13-15-17-19-21-23-25-26-27-28-29-30-31-32-33-34-35-36-37-38-39-40-41-42-44-46-48-50-52-54-56-58-60-62-64-74(92)87-69(70(91)63-61-59-57-55-53-51-49-47-45-43-24-22-20-18-16-14-12-10-8-6-4-2)68-100-84-80(98)77(95)82(72(66-89)102-84)105-86-81(99)78(96)83(73(67-90)103-86)104-85-79(97)76(94)75(93)71(65-88)101-85/h45,47,53,55,61,63,69-73,75-86,88-91,93-99H,3-44,46,48-52,54,56-60,62,64-68H2,1-2H3,(H,87,92)/b47-45+,55-53+,63-61+. The molecule has 0 aromatic rings. The van der Waals surface area contributed by atoms with Crippen LogP contribution < -0.4 is 5.32 Å². The van der Waals surface area contributed by atoms with E-state index in [4.69, 9.17) is 28.4 Å². The molecule has 0 bridgehead atoms. The summed E-state index contributed by atoms with van der Waals surface area (Å²) in [5.74, 6) is -0.282. The Labute approximate surface area is 638 Å². The second-order valence-corrected chi connectivity index (χ2v) is 31.3. The molecule has 12 N–H and O–H groups in total. The molecule has 0 saturated carbocycles. The molecular formula is C86H161NO18. The molecule has 0 aromatic heterocycles. The van der Waals surface area contributed by atoms with Gasteiger partial charge < -0.3 is 89.9 Å². The molecule has 0 aromatic carbocycles. The molecule has 0 spiro atoms. The summed E-state index contributed by atoms with van der Waals surface area (Å²) in [4.78, 5) is 13.5. The minimum atomic E-state index is -1.98. The highest BCUT2D eigenvalue weighted by atomic mass is 16.8. The smallest absolute Gasteiger partial charge is 0.220 e. The highest BCUT2D eigenvalue weighted by Gasteiger charge is 2.54. The molecule has 3 saturated heterocycles. The number of aliphatic hydroxyl groups is 11. The van der Waals surface area contributed by atoms with E-state index >= 15 is 0 Å². The van der Waals surface area contributed by atoms with Crippen LogP contribution in [0.25, 0.3) is 0 Å². The summed E-state index contributed by atoms with van der Waals surface area (Å²) in [6, 6.07) is -0.996. The molecule has 0 aliphatic carbocycles. The average Bonchev–Trinajstić information content (AvgIpc) is 0.780. The molecule has 17 atom stereocenters.